The fourth-order valence-electron chi connectivity index (χ4n) is 4.04. The minimum Gasteiger partial charge on any atom is -0.493 e. The Balaban J connectivity index is 1.40. The van der Waals surface area contributed by atoms with Gasteiger partial charge in [-0.1, -0.05) is 0 Å². The second-order valence-electron chi connectivity index (χ2n) is 8.22. The topological polar surface area (TPSA) is 54.0 Å². The van der Waals surface area contributed by atoms with E-state index in [2.05, 4.69) is 41.2 Å². The first-order valence-electron chi connectivity index (χ1n) is 11.0. The number of nitrogens with one attached hydrogen (secondary N) is 1. The van der Waals surface area contributed by atoms with Gasteiger partial charge in [0.1, 0.15) is 17.6 Å². The fraction of sp³-hybridized carbons (Fsp3) is 0.400. The molecule has 1 saturated heterocycles. The molecule has 164 valence electrons. The second-order valence-corrected chi connectivity index (χ2v) is 8.22. The van der Waals surface area contributed by atoms with Crippen LogP contribution in [0.25, 0.3) is 6.08 Å². The van der Waals surface area contributed by atoms with Crippen LogP contribution in [0.15, 0.2) is 42.5 Å². The number of nitrogens with zero attached hydrogens (tertiary/aromatic N) is 2. The van der Waals surface area contributed by atoms with E-state index in [0.717, 1.165) is 60.9 Å². The van der Waals surface area contributed by atoms with Gasteiger partial charge in [-0.25, -0.2) is 0 Å². The van der Waals surface area contributed by atoms with E-state index in [4.69, 9.17) is 9.47 Å². The minimum atomic E-state index is -0.176. The first kappa shape index (κ1) is 21.2. The van der Waals surface area contributed by atoms with Crippen molar-refractivity contribution >= 4 is 23.4 Å². The molecule has 1 fully saturated rings. The molecule has 6 heteroatoms. The number of ether oxygens (including phenoxy) is 2. The monoisotopic (exact) mass is 421 g/mol. The lowest BCUT2D eigenvalue weighted by Crippen LogP contribution is -2.44. The van der Waals surface area contributed by atoms with Crippen molar-refractivity contribution in [2.75, 3.05) is 50.1 Å². The van der Waals surface area contributed by atoms with Gasteiger partial charge in [0, 0.05) is 61.2 Å². The zero-order valence-corrected chi connectivity index (χ0v) is 18.6. The molecular weight excluding hydrogens is 390 g/mol. The maximum Gasteiger partial charge on any atom is 0.248 e. The number of fused-ring (bicyclic) bond motifs is 1. The average Bonchev–Trinajstić information content (AvgIpc) is 3.12. The van der Waals surface area contributed by atoms with Crippen molar-refractivity contribution in [1.82, 2.24) is 4.90 Å². The van der Waals surface area contributed by atoms with Crippen molar-refractivity contribution in [3.63, 3.8) is 0 Å². The van der Waals surface area contributed by atoms with Crippen molar-refractivity contribution in [2.24, 2.45) is 0 Å². The van der Waals surface area contributed by atoms with Crippen LogP contribution in [0.4, 0.5) is 11.4 Å². The number of anilines is 2. The van der Waals surface area contributed by atoms with Crippen molar-refractivity contribution < 1.29 is 14.3 Å². The van der Waals surface area contributed by atoms with E-state index in [9.17, 15) is 4.79 Å². The molecule has 0 aliphatic carbocycles. The minimum absolute atomic E-state index is 0.167. The maximum absolute atomic E-state index is 12.5. The Kier molecular flexibility index (Phi) is 6.47. The zero-order valence-electron chi connectivity index (χ0n) is 18.6. The highest BCUT2D eigenvalue weighted by molar-refractivity contribution is 6.02. The lowest BCUT2D eigenvalue weighted by molar-refractivity contribution is -0.111. The van der Waals surface area contributed by atoms with E-state index in [1.165, 1.54) is 11.8 Å². The van der Waals surface area contributed by atoms with Crippen LogP contribution in [0.3, 0.4) is 0 Å². The summed E-state index contributed by atoms with van der Waals surface area (Å²) >= 11 is 0. The van der Waals surface area contributed by atoms with Crippen LogP contribution in [0, 0.1) is 0 Å². The largest absolute Gasteiger partial charge is 0.493 e. The molecule has 1 amide bonds. The normalized spacial score (nSPS) is 18.7. The van der Waals surface area contributed by atoms with Crippen LogP contribution in [-0.4, -0.2) is 56.7 Å². The predicted octanol–water partition coefficient (Wildman–Crippen LogP) is 3.81. The summed E-state index contributed by atoms with van der Waals surface area (Å²) in [5.74, 6) is 1.47. The quantitative estimate of drug-likeness (QED) is 0.719. The Hall–Kier alpha value is -2.99. The molecule has 0 aromatic heterocycles. The van der Waals surface area contributed by atoms with E-state index < -0.39 is 0 Å². The Labute approximate surface area is 184 Å². The first-order chi connectivity index (χ1) is 15.0. The number of carbonyl (C=O) groups excluding carboxylic acids is 1. The molecule has 0 spiro atoms. The van der Waals surface area contributed by atoms with E-state index in [-0.39, 0.29) is 12.0 Å². The van der Waals surface area contributed by atoms with Gasteiger partial charge in [0.05, 0.1) is 6.61 Å². The van der Waals surface area contributed by atoms with Gasteiger partial charge in [-0.2, -0.15) is 0 Å². The number of likely N-dealkylation sites (N-methyl/N-ethyl adjacent to an activating group) is 1. The summed E-state index contributed by atoms with van der Waals surface area (Å²) in [6.45, 7) is 8.77. The number of benzene rings is 2. The molecule has 2 aliphatic rings. The predicted molar refractivity (Wildman–Crippen MR) is 125 cm³/mol. The number of amides is 1. The average molecular weight is 422 g/mol. The SMILES string of the molecule is CCOc1cc2c(cc1/C=C/C(=O)Nc1ccc(N3CCN(C)CC3)cc1)OC(C)C2. The summed E-state index contributed by atoms with van der Waals surface area (Å²) in [6, 6.07) is 12.0. The molecule has 31 heavy (non-hydrogen) atoms. The third-order valence-corrected chi connectivity index (χ3v) is 5.75. The molecule has 2 aromatic rings. The Morgan fingerprint density at radius 1 is 1.19 bits per heavy atom. The van der Waals surface area contributed by atoms with Gasteiger partial charge in [-0.05, 0) is 63.4 Å². The molecule has 0 saturated carbocycles. The zero-order chi connectivity index (χ0) is 21.8. The highest BCUT2D eigenvalue weighted by Crippen LogP contribution is 2.35. The van der Waals surface area contributed by atoms with Crippen LogP contribution < -0.4 is 19.7 Å². The van der Waals surface area contributed by atoms with Gasteiger partial charge in [0.25, 0.3) is 0 Å². The summed E-state index contributed by atoms with van der Waals surface area (Å²) in [4.78, 5) is 17.2. The molecule has 0 radical (unpaired) electrons. The van der Waals surface area contributed by atoms with Crippen LogP contribution in [0.2, 0.25) is 0 Å². The molecule has 1 atom stereocenters. The van der Waals surface area contributed by atoms with Crippen LogP contribution in [0.1, 0.15) is 25.0 Å². The van der Waals surface area contributed by atoms with Crippen LogP contribution in [-0.2, 0) is 11.2 Å². The Morgan fingerprint density at radius 2 is 1.94 bits per heavy atom. The molecular formula is C25H31N3O3. The van der Waals surface area contributed by atoms with Gasteiger partial charge in [0.2, 0.25) is 5.91 Å². The van der Waals surface area contributed by atoms with E-state index >= 15 is 0 Å². The molecule has 4 rings (SSSR count). The smallest absolute Gasteiger partial charge is 0.248 e. The second kappa shape index (κ2) is 9.43. The Morgan fingerprint density at radius 3 is 2.65 bits per heavy atom. The van der Waals surface area contributed by atoms with Gasteiger partial charge < -0.3 is 24.6 Å². The summed E-state index contributed by atoms with van der Waals surface area (Å²) in [5, 5.41) is 2.94. The van der Waals surface area contributed by atoms with Crippen LogP contribution >= 0.6 is 0 Å². The summed E-state index contributed by atoms with van der Waals surface area (Å²) < 4.78 is 11.6. The molecule has 0 bridgehead atoms. The highest BCUT2D eigenvalue weighted by Gasteiger charge is 2.21. The molecule has 1 N–H and O–H groups in total. The molecule has 2 aromatic carbocycles. The molecule has 2 heterocycles. The van der Waals surface area contributed by atoms with E-state index in [1.54, 1.807) is 6.08 Å². The number of rotatable bonds is 6. The number of piperazine rings is 1. The number of carbonyl (C=O) groups is 1. The summed E-state index contributed by atoms with van der Waals surface area (Å²) in [7, 11) is 2.15. The van der Waals surface area contributed by atoms with Crippen LogP contribution in [0.5, 0.6) is 11.5 Å². The first-order valence-corrected chi connectivity index (χ1v) is 11.0. The third kappa shape index (κ3) is 5.20. The molecule has 6 nitrogen and oxygen atoms in total. The van der Waals surface area contributed by atoms with E-state index in [1.807, 2.05) is 31.2 Å². The standard InChI is InChI=1S/C25H31N3O3/c1-4-30-23-17-20-15-18(2)31-24(20)16-19(23)5-10-25(29)26-21-6-8-22(9-7-21)28-13-11-27(3)12-14-28/h5-10,16-18H,4,11-15H2,1-3H3,(H,26,29)/b10-5+. The van der Waals surface area contributed by atoms with Gasteiger partial charge in [-0.3, -0.25) is 4.79 Å². The van der Waals surface area contributed by atoms with E-state index in [0.29, 0.717) is 6.61 Å². The molecule has 2 aliphatic heterocycles. The van der Waals surface area contributed by atoms with Gasteiger partial charge >= 0.3 is 0 Å². The van der Waals surface area contributed by atoms with Crippen molar-refractivity contribution in [3.8, 4) is 11.5 Å². The van der Waals surface area contributed by atoms with Gasteiger partial charge in [-0.15, -0.1) is 0 Å². The molecule has 1 unspecified atom stereocenters. The summed E-state index contributed by atoms with van der Waals surface area (Å²) in [6.07, 6.45) is 4.37. The van der Waals surface area contributed by atoms with Crippen molar-refractivity contribution in [1.29, 1.82) is 0 Å². The maximum atomic E-state index is 12.5. The van der Waals surface area contributed by atoms with Gasteiger partial charge in [0.15, 0.2) is 0 Å². The lowest BCUT2D eigenvalue weighted by Gasteiger charge is -2.34. The number of hydrogen-bond acceptors (Lipinski definition) is 5. The number of hydrogen-bond donors (Lipinski definition) is 1. The van der Waals surface area contributed by atoms with Crippen molar-refractivity contribution in [3.05, 3.63) is 53.6 Å². The highest BCUT2D eigenvalue weighted by atomic mass is 16.5. The third-order valence-electron chi connectivity index (χ3n) is 5.75. The fourth-order valence-corrected chi connectivity index (χ4v) is 4.04. The summed E-state index contributed by atoms with van der Waals surface area (Å²) in [5.41, 5.74) is 3.97. The van der Waals surface area contributed by atoms with Crippen molar-refractivity contribution in [2.45, 2.75) is 26.4 Å². The lowest BCUT2D eigenvalue weighted by atomic mass is 10.1. The Bertz CT molecular complexity index is 947.